The van der Waals surface area contributed by atoms with Gasteiger partial charge in [-0.25, -0.2) is 4.98 Å². The lowest BCUT2D eigenvalue weighted by molar-refractivity contribution is -0.113. The Morgan fingerprint density at radius 2 is 2.00 bits per heavy atom. The number of carbonyl (C=O) groups is 2. The molecule has 3 aromatic heterocycles. The van der Waals surface area contributed by atoms with Gasteiger partial charge in [-0.15, -0.1) is 0 Å². The predicted molar refractivity (Wildman–Crippen MR) is 144 cm³/mol. The summed E-state index contributed by atoms with van der Waals surface area (Å²) in [6.07, 6.45) is 5.00. The maximum absolute atomic E-state index is 13.7. The lowest BCUT2D eigenvalue weighted by Gasteiger charge is -2.19. The van der Waals surface area contributed by atoms with Gasteiger partial charge < -0.3 is 15.5 Å². The number of hydrogen-bond acceptors (Lipinski definition) is 8. The molecule has 11 heteroatoms. The molecule has 194 valence electrons. The molecule has 4 rings (SSSR count). The Hall–Kier alpha value is -3.76. The minimum Gasteiger partial charge on any atom is -0.496 e. The fraction of sp³-hybridized carbons (Fsp3) is 0.346. The fourth-order valence-corrected chi connectivity index (χ4v) is 4.70. The Morgan fingerprint density at radius 1 is 1.27 bits per heavy atom. The zero-order valence-electron chi connectivity index (χ0n) is 21.6. The van der Waals surface area contributed by atoms with Crippen LogP contribution in [0.15, 0.2) is 18.5 Å². The van der Waals surface area contributed by atoms with Crippen LogP contribution in [0.5, 0.6) is 5.75 Å². The van der Waals surface area contributed by atoms with Gasteiger partial charge in [-0.2, -0.15) is 4.98 Å². The third-order valence-corrected chi connectivity index (χ3v) is 6.78. The molecule has 0 saturated carbocycles. The number of likely N-dealkylation sites (N-methyl/N-ethyl adjacent to an activating group) is 1. The highest BCUT2D eigenvalue weighted by Crippen LogP contribution is 2.41. The van der Waals surface area contributed by atoms with Crippen LogP contribution in [0, 0.1) is 13.8 Å². The van der Waals surface area contributed by atoms with Crippen molar-refractivity contribution in [3.8, 4) is 5.75 Å². The second-order valence-electron chi connectivity index (χ2n) is 8.79. The quantitative estimate of drug-likeness (QED) is 0.247. The first-order valence-electron chi connectivity index (χ1n) is 12.0. The Kier molecular flexibility index (Phi) is 7.60. The summed E-state index contributed by atoms with van der Waals surface area (Å²) < 4.78 is 5.52. The minimum atomic E-state index is -0.330. The van der Waals surface area contributed by atoms with E-state index in [2.05, 4.69) is 19.9 Å². The number of aryl methyl sites for hydroxylation is 1. The molecule has 0 fully saturated rings. The van der Waals surface area contributed by atoms with Crippen molar-refractivity contribution in [2.45, 2.75) is 34.2 Å². The lowest BCUT2D eigenvalue weighted by atomic mass is 10.1. The largest absolute Gasteiger partial charge is 0.496 e. The number of nitrogens with one attached hydrogen (secondary N) is 1. The van der Waals surface area contributed by atoms with Crippen LogP contribution in [-0.4, -0.2) is 63.3 Å². The number of pyridine rings is 1. The number of nitrogens with zero attached hydrogens (tertiary/aromatic N) is 5. The second kappa shape index (κ2) is 10.7. The van der Waals surface area contributed by atoms with Crippen molar-refractivity contribution < 1.29 is 14.3 Å². The molecule has 0 saturated heterocycles. The van der Waals surface area contributed by atoms with Crippen molar-refractivity contribution in [3.05, 3.63) is 57.3 Å². The van der Waals surface area contributed by atoms with E-state index in [9.17, 15) is 9.59 Å². The maximum atomic E-state index is 13.7. The first kappa shape index (κ1) is 26.3. The Bertz CT molecular complexity index is 1400. The van der Waals surface area contributed by atoms with Gasteiger partial charge in [0.2, 0.25) is 5.95 Å². The number of rotatable bonds is 9. The fourth-order valence-electron chi connectivity index (χ4n) is 4.43. The molecule has 0 spiro atoms. The maximum Gasteiger partial charge on any atom is 0.260 e. The monoisotopic (exact) mass is 523 g/mol. The van der Waals surface area contributed by atoms with Crippen LogP contribution in [0.25, 0.3) is 11.6 Å². The number of nitrogens with two attached hydrogens (primary N) is 1. The van der Waals surface area contributed by atoms with Crippen molar-refractivity contribution >= 4 is 46.7 Å². The number of H-pyrrole nitrogens is 1. The number of hydrogen-bond donors (Lipinski definition) is 2. The van der Waals surface area contributed by atoms with Gasteiger partial charge in [0, 0.05) is 34.8 Å². The Labute approximate surface area is 220 Å². The van der Waals surface area contributed by atoms with Gasteiger partial charge >= 0.3 is 0 Å². The van der Waals surface area contributed by atoms with Crippen LogP contribution in [0.1, 0.15) is 52.3 Å². The molecule has 0 radical (unpaired) electrons. The van der Waals surface area contributed by atoms with E-state index in [0.29, 0.717) is 46.2 Å². The number of amides is 1. The summed E-state index contributed by atoms with van der Waals surface area (Å²) in [5.41, 5.74) is 10.0. The number of ether oxygens (including phenoxy) is 1. The number of Topliss-reactive ketones (excluding diaryl/α,β-unsaturated/α-hetero) is 1. The van der Waals surface area contributed by atoms with Gasteiger partial charge in [-0.3, -0.25) is 24.4 Å². The van der Waals surface area contributed by atoms with Crippen LogP contribution in [0.4, 0.5) is 11.8 Å². The molecule has 0 unspecified atom stereocenters. The molecule has 0 bridgehead atoms. The van der Waals surface area contributed by atoms with Gasteiger partial charge in [0.05, 0.1) is 37.0 Å². The van der Waals surface area contributed by atoms with Gasteiger partial charge in [0.1, 0.15) is 10.9 Å². The number of aromatic amines is 1. The summed E-state index contributed by atoms with van der Waals surface area (Å²) in [5.74, 6) is 0.634. The highest BCUT2D eigenvalue weighted by atomic mass is 35.5. The third-order valence-electron chi connectivity index (χ3n) is 6.51. The molecule has 1 aliphatic rings. The van der Waals surface area contributed by atoms with Crippen molar-refractivity contribution in [2.24, 2.45) is 0 Å². The summed E-state index contributed by atoms with van der Waals surface area (Å²) >= 11 is 6.46. The van der Waals surface area contributed by atoms with Crippen molar-refractivity contribution in [1.82, 2.24) is 24.8 Å². The number of halogens is 1. The number of aromatic nitrogens is 4. The highest BCUT2D eigenvalue weighted by molar-refractivity contribution is 6.41. The standard InChI is InChI=1S/C26H30ClN7O3/c1-6-33(7-2)13-20(35)16-8-17(29-11-16)9-18-21-23(27)31-26(28)32-24(21)34(25(18)36)12-19-15(4)22(37-5)14(3)10-30-19/h8-11,29H,6-7,12-13H2,1-5H3,(H2,28,31,32)/b18-9+. The molecule has 1 aliphatic heterocycles. The van der Waals surface area contributed by atoms with Gasteiger partial charge in [0.15, 0.2) is 11.6 Å². The number of methoxy groups -OCH3 is 1. The third kappa shape index (κ3) is 5.07. The molecular formula is C26H30ClN7O3. The summed E-state index contributed by atoms with van der Waals surface area (Å²) in [4.78, 5) is 45.9. The molecule has 10 nitrogen and oxygen atoms in total. The van der Waals surface area contributed by atoms with Gasteiger partial charge in [-0.05, 0) is 39.1 Å². The van der Waals surface area contributed by atoms with Crippen LogP contribution < -0.4 is 15.4 Å². The van der Waals surface area contributed by atoms with E-state index < -0.39 is 0 Å². The molecule has 3 N–H and O–H groups in total. The predicted octanol–water partition coefficient (Wildman–Crippen LogP) is 3.67. The molecule has 0 aliphatic carbocycles. The molecule has 0 aromatic carbocycles. The Morgan fingerprint density at radius 3 is 2.68 bits per heavy atom. The summed E-state index contributed by atoms with van der Waals surface area (Å²) in [6.45, 7) is 9.86. The zero-order chi connectivity index (χ0) is 26.9. The number of carbonyl (C=O) groups excluding carboxylic acids is 2. The van der Waals surface area contributed by atoms with E-state index in [1.54, 1.807) is 31.6 Å². The average molecular weight is 524 g/mol. The van der Waals surface area contributed by atoms with Crippen LogP contribution in [-0.2, 0) is 11.3 Å². The van der Waals surface area contributed by atoms with Crippen LogP contribution in [0.2, 0.25) is 5.15 Å². The molecule has 1 amide bonds. The lowest BCUT2D eigenvalue weighted by Crippen LogP contribution is -2.29. The second-order valence-corrected chi connectivity index (χ2v) is 9.15. The van der Waals surface area contributed by atoms with E-state index in [4.69, 9.17) is 22.1 Å². The zero-order valence-corrected chi connectivity index (χ0v) is 22.3. The van der Waals surface area contributed by atoms with Crippen LogP contribution >= 0.6 is 11.6 Å². The Balaban J connectivity index is 1.71. The van der Waals surface area contributed by atoms with E-state index in [1.807, 2.05) is 32.6 Å². The summed E-state index contributed by atoms with van der Waals surface area (Å²) in [6, 6.07) is 1.72. The number of anilines is 2. The molecule has 3 aromatic rings. The van der Waals surface area contributed by atoms with E-state index in [0.717, 1.165) is 24.2 Å². The van der Waals surface area contributed by atoms with Crippen LogP contribution in [0.3, 0.4) is 0 Å². The molecule has 0 atom stereocenters. The topological polar surface area (TPSA) is 130 Å². The number of nitrogen functional groups attached to an aromatic ring is 1. The SMILES string of the molecule is CCN(CC)CC(=O)c1c[nH]c(/C=C2/C(=O)N(Cc3ncc(C)c(OC)c3C)c3nc(N)nc(Cl)c32)c1. The summed E-state index contributed by atoms with van der Waals surface area (Å²) in [5, 5.41) is 0.0696. The molecule has 37 heavy (non-hydrogen) atoms. The first-order chi connectivity index (χ1) is 17.7. The smallest absolute Gasteiger partial charge is 0.260 e. The summed E-state index contributed by atoms with van der Waals surface area (Å²) in [7, 11) is 1.60. The number of fused-ring (bicyclic) bond motifs is 1. The highest BCUT2D eigenvalue weighted by Gasteiger charge is 2.37. The van der Waals surface area contributed by atoms with Crippen molar-refractivity contribution in [2.75, 3.05) is 37.4 Å². The number of ketones is 1. The minimum absolute atomic E-state index is 0.00613. The molecule has 4 heterocycles. The van der Waals surface area contributed by atoms with Gasteiger partial charge in [-0.1, -0.05) is 25.4 Å². The van der Waals surface area contributed by atoms with Crippen molar-refractivity contribution in [1.29, 1.82) is 0 Å². The first-order valence-corrected chi connectivity index (χ1v) is 12.4. The molecular weight excluding hydrogens is 494 g/mol. The van der Waals surface area contributed by atoms with E-state index >= 15 is 0 Å². The average Bonchev–Trinajstić information content (AvgIpc) is 3.43. The van der Waals surface area contributed by atoms with E-state index in [1.165, 1.54) is 4.90 Å². The van der Waals surface area contributed by atoms with Gasteiger partial charge in [0.25, 0.3) is 5.91 Å². The van der Waals surface area contributed by atoms with E-state index in [-0.39, 0.29) is 29.3 Å². The normalized spacial score (nSPS) is 14.1. The van der Waals surface area contributed by atoms with Crippen molar-refractivity contribution in [3.63, 3.8) is 0 Å².